The molecule has 3 amide bonds. The van der Waals surface area contributed by atoms with Crippen LogP contribution >= 0.6 is 11.3 Å². The number of hydrogen-bond acceptors (Lipinski definition) is 4. The van der Waals surface area contributed by atoms with E-state index < -0.39 is 11.9 Å². The van der Waals surface area contributed by atoms with Crippen molar-refractivity contribution < 1.29 is 14.4 Å². The molecule has 0 saturated carbocycles. The van der Waals surface area contributed by atoms with Crippen molar-refractivity contribution in [3.8, 4) is 0 Å². The number of rotatable bonds is 6. The molecule has 0 aliphatic carbocycles. The number of benzene rings is 1. The summed E-state index contributed by atoms with van der Waals surface area (Å²) in [4.78, 5) is 38.3. The third-order valence-electron chi connectivity index (χ3n) is 3.83. The summed E-state index contributed by atoms with van der Waals surface area (Å²) in [5.41, 5.74) is 6.21. The smallest absolute Gasteiger partial charge is 0.262 e. The summed E-state index contributed by atoms with van der Waals surface area (Å²) >= 11 is 1.32. The maximum atomic E-state index is 12.8. The van der Waals surface area contributed by atoms with Crippen molar-refractivity contribution in [3.05, 3.63) is 52.2 Å². The van der Waals surface area contributed by atoms with Gasteiger partial charge in [-0.3, -0.25) is 14.4 Å². The topological polar surface area (TPSA) is 92.5 Å². The first-order chi connectivity index (χ1) is 11.8. The van der Waals surface area contributed by atoms with Gasteiger partial charge >= 0.3 is 0 Å². The summed E-state index contributed by atoms with van der Waals surface area (Å²) in [6.07, 6.45) is 0. The molecular formula is C18H21N3O3S. The molecule has 0 fully saturated rings. The number of nitrogens with zero attached hydrogens (tertiary/aromatic N) is 1. The number of likely N-dealkylation sites (N-methyl/N-ethyl adjacent to an activating group) is 1. The zero-order valence-corrected chi connectivity index (χ0v) is 15.2. The zero-order valence-electron chi connectivity index (χ0n) is 14.4. The van der Waals surface area contributed by atoms with Gasteiger partial charge in [0, 0.05) is 18.3 Å². The fourth-order valence-corrected chi connectivity index (χ4v) is 2.95. The molecule has 1 aromatic heterocycles. The van der Waals surface area contributed by atoms with E-state index in [1.165, 1.54) is 16.2 Å². The first kappa shape index (κ1) is 18.7. The number of carbonyl (C=O) groups is 3. The second-order valence-electron chi connectivity index (χ2n) is 5.98. The third-order valence-corrected chi connectivity index (χ3v) is 4.70. The number of carbonyl (C=O) groups excluding carboxylic acids is 3. The molecule has 7 heteroatoms. The molecule has 2 rings (SSSR count). The highest BCUT2D eigenvalue weighted by atomic mass is 32.1. The van der Waals surface area contributed by atoms with Crippen LogP contribution < -0.4 is 16.0 Å². The minimum Gasteiger partial charge on any atom is -0.366 e. The summed E-state index contributed by atoms with van der Waals surface area (Å²) < 4.78 is 0. The third kappa shape index (κ3) is 4.45. The largest absolute Gasteiger partial charge is 0.366 e. The Kier molecular flexibility index (Phi) is 5.93. The molecule has 1 unspecified atom stereocenters. The molecule has 1 aromatic carbocycles. The van der Waals surface area contributed by atoms with Crippen molar-refractivity contribution >= 4 is 34.7 Å². The monoisotopic (exact) mass is 359 g/mol. The van der Waals surface area contributed by atoms with E-state index in [0.717, 1.165) is 0 Å². The van der Waals surface area contributed by atoms with Crippen molar-refractivity contribution in [2.24, 2.45) is 11.7 Å². The van der Waals surface area contributed by atoms with Crippen LogP contribution in [0.15, 0.2) is 41.8 Å². The predicted octanol–water partition coefficient (Wildman–Crippen LogP) is 2.26. The van der Waals surface area contributed by atoms with Crippen LogP contribution in [0.25, 0.3) is 0 Å². The van der Waals surface area contributed by atoms with Gasteiger partial charge in [-0.25, -0.2) is 0 Å². The van der Waals surface area contributed by atoms with Gasteiger partial charge in [-0.05, 0) is 41.6 Å². The normalized spacial score (nSPS) is 11.8. The average Bonchev–Trinajstić information content (AvgIpc) is 3.12. The Morgan fingerprint density at radius 3 is 2.24 bits per heavy atom. The van der Waals surface area contributed by atoms with Crippen molar-refractivity contribution in [3.63, 3.8) is 0 Å². The first-order valence-electron chi connectivity index (χ1n) is 7.83. The maximum Gasteiger partial charge on any atom is 0.262 e. The lowest BCUT2D eigenvalue weighted by Gasteiger charge is -2.27. The highest BCUT2D eigenvalue weighted by molar-refractivity contribution is 7.12. The van der Waals surface area contributed by atoms with E-state index in [0.29, 0.717) is 16.1 Å². The average molecular weight is 359 g/mol. The molecule has 0 radical (unpaired) electrons. The summed E-state index contributed by atoms with van der Waals surface area (Å²) in [5.74, 6) is -1.10. The lowest BCUT2D eigenvalue weighted by molar-refractivity contribution is -0.121. The molecule has 6 nitrogen and oxygen atoms in total. The summed E-state index contributed by atoms with van der Waals surface area (Å²) in [5, 5.41) is 4.62. The zero-order chi connectivity index (χ0) is 18.6. The van der Waals surface area contributed by atoms with Gasteiger partial charge in [0.2, 0.25) is 11.8 Å². The fourth-order valence-electron chi connectivity index (χ4n) is 2.32. The lowest BCUT2D eigenvalue weighted by Crippen LogP contribution is -2.50. The van der Waals surface area contributed by atoms with Crippen molar-refractivity contribution in [1.82, 2.24) is 5.32 Å². The maximum absolute atomic E-state index is 12.8. The van der Waals surface area contributed by atoms with Crippen LogP contribution in [0, 0.1) is 5.92 Å². The second-order valence-corrected chi connectivity index (χ2v) is 6.93. The minimum absolute atomic E-state index is 0.0799. The Morgan fingerprint density at radius 2 is 1.76 bits per heavy atom. The SMILES string of the molecule is CC(C)C(NC(=O)c1cccs1)C(=O)N(C)c1ccc(C(N)=O)cc1. The summed E-state index contributed by atoms with van der Waals surface area (Å²) in [6.45, 7) is 3.75. The van der Waals surface area contributed by atoms with Gasteiger partial charge in [0.1, 0.15) is 6.04 Å². The Labute approximate surface area is 150 Å². The molecule has 0 spiro atoms. The molecule has 0 aliphatic rings. The Balaban J connectivity index is 2.15. The fraction of sp³-hybridized carbons (Fsp3) is 0.278. The van der Waals surface area contributed by atoms with E-state index >= 15 is 0 Å². The molecule has 3 N–H and O–H groups in total. The van der Waals surface area contributed by atoms with E-state index in [9.17, 15) is 14.4 Å². The molecule has 25 heavy (non-hydrogen) atoms. The van der Waals surface area contributed by atoms with Crippen molar-refractivity contribution in [2.45, 2.75) is 19.9 Å². The van der Waals surface area contributed by atoms with E-state index in [-0.39, 0.29) is 17.7 Å². The Bertz CT molecular complexity index is 754. The molecule has 1 heterocycles. The first-order valence-corrected chi connectivity index (χ1v) is 8.71. The quantitative estimate of drug-likeness (QED) is 0.828. The molecule has 0 bridgehead atoms. The predicted molar refractivity (Wildman–Crippen MR) is 98.8 cm³/mol. The van der Waals surface area contributed by atoms with E-state index in [1.54, 1.807) is 43.4 Å². The summed E-state index contributed by atoms with van der Waals surface area (Å²) in [6, 6.07) is 9.28. The number of nitrogens with one attached hydrogen (secondary N) is 1. The molecule has 0 saturated heterocycles. The van der Waals surface area contributed by atoms with E-state index in [2.05, 4.69) is 5.32 Å². The van der Waals surface area contributed by atoms with Crippen LogP contribution in [0.3, 0.4) is 0 Å². The highest BCUT2D eigenvalue weighted by Gasteiger charge is 2.28. The molecule has 1 atom stereocenters. The minimum atomic E-state index is -0.657. The van der Waals surface area contributed by atoms with Crippen molar-refractivity contribution in [2.75, 3.05) is 11.9 Å². The van der Waals surface area contributed by atoms with Crippen molar-refractivity contribution in [1.29, 1.82) is 0 Å². The molecule has 132 valence electrons. The van der Waals surface area contributed by atoms with Gasteiger partial charge in [-0.1, -0.05) is 19.9 Å². The number of thiophene rings is 1. The number of primary amides is 1. The molecular weight excluding hydrogens is 338 g/mol. The number of hydrogen-bond donors (Lipinski definition) is 2. The molecule has 2 aromatic rings. The van der Waals surface area contributed by atoms with Gasteiger partial charge in [0.05, 0.1) is 4.88 Å². The van der Waals surface area contributed by atoms with Gasteiger partial charge in [-0.2, -0.15) is 0 Å². The van der Waals surface area contributed by atoms with Crippen LogP contribution in [0.1, 0.15) is 33.9 Å². The highest BCUT2D eigenvalue weighted by Crippen LogP contribution is 2.17. The van der Waals surface area contributed by atoms with Crippen LogP contribution in [0.5, 0.6) is 0 Å². The number of nitrogens with two attached hydrogens (primary N) is 1. The number of anilines is 1. The Hall–Kier alpha value is -2.67. The lowest BCUT2D eigenvalue weighted by atomic mass is 10.0. The van der Waals surface area contributed by atoms with Gasteiger partial charge in [0.25, 0.3) is 5.91 Å². The van der Waals surface area contributed by atoms with E-state index in [4.69, 9.17) is 5.73 Å². The van der Waals surface area contributed by atoms with Gasteiger partial charge in [-0.15, -0.1) is 11.3 Å². The standard InChI is InChI=1S/C18H21N3O3S/c1-11(2)15(20-17(23)14-5-4-10-25-14)18(24)21(3)13-8-6-12(7-9-13)16(19)22/h4-11,15H,1-3H3,(H2,19,22)(H,20,23). The molecule has 0 aliphatic heterocycles. The van der Waals surface area contributed by atoms with Crippen LogP contribution in [-0.4, -0.2) is 30.8 Å². The van der Waals surface area contributed by atoms with E-state index in [1.807, 2.05) is 19.2 Å². The summed E-state index contributed by atoms with van der Waals surface area (Å²) in [7, 11) is 1.63. The van der Waals surface area contributed by atoms with Crippen LogP contribution in [0.4, 0.5) is 5.69 Å². The number of amides is 3. The van der Waals surface area contributed by atoms with Crippen LogP contribution in [-0.2, 0) is 4.79 Å². The van der Waals surface area contributed by atoms with Gasteiger partial charge in [0.15, 0.2) is 0 Å². The van der Waals surface area contributed by atoms with Crippen LogP contribution in [0.2, 0.25) is 0 Å². The Morgan fingerprint density at radius 1 is 1.12 bits per heavy atom. The van der Waals surface area contributed by atoms with Gasteiger partial charge < -0.3 is 16.0 Å². The second kappa shape index (κ2) is 7.94.